The largest absolute Gasteiger partial charge is 0.507 e. The first-order valence-corrected chi connectivity index (χ1v) is 18.2. The molecule has 0 spiro atoms. The topological polar surface area (TPSA) is 145 Å². The summed E-state index contributed by atoms with van der Waals surface area (Å²) in [5.41, 5.74) is 5.71. The highest BCUT2D eigenvalue weighted by Crippen LogP contribution is 2.34. The molecule has 1 amide bonds. The SMILES string of the molecule is Cc1ccc2c(Cl)nc(-c3ccccc3O)nc2c1.Cc1ccc2c(N3CCN(C(=O)OCc4ccccc4)CC3CO)nc(-c3ccccc3O)nc2c1. The molecular formula is C43H39ClN6O5. The first-order chi connectivity index (χ1) is 26.7. The second-order valence-corrected chi connectivity index (χ2v) is 13.7. The summed E-state index contributed by atoms with van der Waals surface area (Å²) in [5, 5.41) is 32.6. The number of piperazine rings is 1. The number of para-hydroxylation sites is 2. The maximum absolute atomic E-state index is 12.8. The average molecular weight is 755 g/mol. The zero-order chi connectivity index (χ0) is 38.5. The smallest absolute Gasteiger partial charge is 0.410 e. The summed E-state index contributed by atoms with van der Waals surface area (Å²) >= 11 is 6.18. The van der Waals surface area contributed by atoms with E-state index in [0.29, 0.717) is 53.4 Å². The highest BCUT2D eigenvalue weighted by atomic mass is 35.5. The minimum atomic E-state index is -0.407. The van der Waals surface area contributed by atoms with Gasteiger partial charge in [-0.15, -0.1) is 0 Å². The molecule has 3 heterocycles. The average Bonchev–Trinajstić information content (AvgIpc) is 3.20. The van der Waals surface area contributed by atoms with Gasteiger partial charge in [-0.3, -0.25) is 0 Å². The third-order valence-corrected chi connectivity index (χ3v) is 9.65. The third kappa shape index (κ3) is 8.28. The number of rotatable bonds is 6. The molecule has 1 aliphatic rings. The van der Waals surface area contributed by atoms with Crippen molar-refractivity contribution >= 4 is 45.3 Å². The van der Waals surface area contributed by atoms with Gasteiger partial charge in [-0.1, -0.05) is 78.3 Å². The van der Waals surface area contributed by atoms with Gasteiger partial charge in [0.2, 0.25) is 0 Å². The Morgan fingerprint density at radius 3 is 1.91 bits per heavy atom. The van der Waals surface area contributed by atoms with Crippen molar-refractivity contribution in [3.8, 4) is 34.3 Å². The first-order valence-electron chi connectivity index (χ1n) is 17.8. The number of ether oxygens (including phenoxy) is 1. The fourth-order valence-corrected chi connectivity index (χ4v) is 6.72. The predicted molar refractivity (Wildman–Crippen MR) is 214 cm³/mol. The quantitative estimate of drug-likeness (QED) is 0.143. The molecule has 1 atom stereocenters. The van der Waals surface area contributed by atoms with Crippen LogP contribution in [0.15, 0.2) is 115 Å². The van der Waals surface area contributed by atoms with E-state index in [1.165, 1.54) is 0 Å². The molecule has 278 valence electrons. The number of nitrogens with zero attached hydrogens (tertiary/aromatic N) is 6. The number of benzene rings is 5. The lowest BCUT2D eigenvalue weighted by Gasteiger charge is -2.41. The van der Waals surface area contributed by atoms with Crippen molar-refractivity contribution in [2.45, 2.75) is 26.5 Å². The van der Waals surface area contributed by atoms with Crippen LogP contribution in [0.3, 0.4) is 0 Å². The van der Waals surface area contributed by atoms with Gasteiger partial charge in [-0.2, -0.15) is 0 Å². The van der Waals surface area contributed by atoms with Crippen LogP contribution in [0.2, 0.25) is 5.15 Å². The second-order valence-electron chi connectivity index (χ2n) is 13.3. The Morgan fingerprint density at radius 1 is 0.727 bits per heavy atom. The molecule has 1 unspecified atom stereocenters. The lowest BCUT2D eigenvalue weighted by Crippen LogP contribution is -2.56. The van der Waals surface area contributed by atoms with Gasteiger partial charge in [-0.05, 0) is 79.1 Å². The monoisotopic (exact) mass is 754 g/mol. The van der Waals surface area contributed by atoms with E-state index in [-0.39, 0.29) is 30.8 Å². The van der Waals surface area contributed by atoms with Crippen molar-refractivity contribution in [1.82, 2.24) is 24.8 Å². The van der Waals surface area contributed by atoms with E-state index in [2.05, 4.69) is 9.97 Å². The molecule has 8 rings (SSSR count). The van der Waals surface area contributed by atoms with Gasteiger partial charge in [0.1, 0.15) is 29.1 Å². The summed E-state index contributed by atoms with van der Waals surface area (Å²) in [7, 11) is 0. The van der Waals surface area contributed by atoms with E-state index in [4.69, 9.17) is 26.3 Å². The van der Waals surface area contributed by atoms with Gasteiger partial charge < -0.3 is 29.9 Å². The lowest BCUT2D eigenvalue weighted by molar-refractivity contribution is 0.0836. The van der Waals surface area contributed by atoms with Gasteiger partial charge in [0, 0.05) is 30.4 Å². The zero-order valence-electron chi connectivity index (χ0n) is 30.3. The Morgan fingerprint density at radius 2 is 1.29 bits per heavy atom. The van der Waals surface area contributed by atoms with E-state index in [1.807, 2.05) is 97.6 Å². The van der Waals surface area contributed by atoms with Crippen LogP contribution >= 0.6 is 11.6 Å². The number of amides is 1. The van der Waals surface area contributed by atoms with Crippen molar-refractivity contribution in [1.29, 1.82) is 0 Å². The van der Waals surface area contributed by atoms with Gasteiger partial charge in [0.25, 0.3) is 0 Å². The third-order valence-electron chi connectivity index (χ3n) is 9.36. The fourth-order valence-electron chi connectivity index (χ4n) is 6.48. The molecule has 0 bridgehead atoms. The molecule has 11 nitrogen and oxygen atoms in total. The standard InChI is InChI=1S/C28H28N4O4.C15H11ClN2O/c1-19-11-12-22-24(15-19)29-26(23-9-5-6-10-25(23)34)30-27(22)32-14-13-31(16-21(32)17-33)28(35)36-18-20-7-3-2-4-8-20;1-9-6-7-10-12(8-9)17-15(18-14(10)16)11-4-2-3-5-13(11)19/h2-12,15,21,33-34H,13-14,16-18H2,1H3;2-8,19H,1H3. The normalized spacial score (nSPS) is 14.1. The fraction of sp³-hybridized carbons (Fsp3) is 0.186. The van der Waals surface area contributed by atoms with Crippen LogP contribution in [-0.2, 0) is 11.3 Å². The molecule has 3 N–H and O–H groups in total. The predicted octanol–water partition coefficient (Wildman–Crippen LogP) is 8.09. The highest BCUT2D eigenvalue weighted by molar-refractivity contribution is 6.34. The van der Waals surface area contributed by atoms with Crippen LogP contribution in [-0.4, -0.2) is 78.5 Å². The molecular weight excluding hydrogens is 716 g/mol. The number of aromatic hydroxyl groups is 2. The molecule has 0 radical (unpaired) electrons. The number of aliphatic hydroxyl groups excluding tert-OH is 1. The van der Waals surface area contributed by atoms with Crippen LogP contribution in [0.25, 0.3) is 44.6 Å². The zero-order valence-corrected chi connectivity index (χ0v) is 31.1. The number of aliphatic hydroxyl groups is 1. The van der Waals surface area contributed by atoms with Crippen LogP contribution < -0.4 is 4.90 Å². The molecule has 0 aliphatic carbocycles. The van der Waals surface area contributed by atoms with E-state index in [9.17, 15) is 20.1 Å². The van der Waals surface area contributed by atoms with Crippen LogP contribution in [0.5, 0.6) is 11.5 Å². The molecule has 12 heteroatoms. The number of aromatic nitrogens is 4. The number of phenolic OH excluding ortho intramolecular Hbond substituents is 2. The van der Waals surface area contributed by atoms with Crippen molar-refractivity contribution < 1.29 is 24.9 Å². The molecule has 5 aromatic carbocycles. The summed E-state index contributed by atoms with van der Waals surface area (Å²) in [5.74, 6) is 1.74. The summed E-state index contributed by atoms with van der Waals surface area (Å²) in [4.78, 5) is 34.7. The minimum absolute atomic E-state index is 0.0974. The number of hydrogen-bond donors (Lipinski definition) is 3. The number of phenols is 2. The summed E-state index contributed by atoms with van der Waals surface area (Å²) < 4.78 is 5.51. The van der Waals surface area contributed by atoms with Gasteiger partial charge in [-0.25, -0.2) is 24.7 Å². The van der Waals surface area contributed by atoms with Crippen molar-refractivity contribution in [3.63, 3.8) is 0 Å². The van der Waals surface area contributed by atoms with Crippen molar-refractivity contribution in [2.24, 2.45) is 0 Å². The maximum Gasteiger partial charge on any atom is 0.410 e. The highest BCUT2D eigenvalue weighted by Gasteiger charge is 2.32. The Balaban J connectivity index is 0.000000205. The van der Waals surface area contributed by atoms with Crippen LogP contribution in [0.4, 0.5) is 10.6 Å². The maximum atomic E-state index is 12.8. The first kappa shape index (κ1) is 37.0. The molecule has 2 aromatic heterocycles. The van der Waals surface area contributed by atoms with E-state index < -0.39 is 6.09 Å². The van der Waals surface area contributed by atoms with Crippen LogP contribution in [0.1, 0.15) is 16.7 Å². The van der Waals surface area contributed by atoms with Crippen LogP contribution in [0, 0.1) is 13.8 Å². The minimum Gasteiger partial charge on any atom is -0.507 e. The van der Waals surface area contributed by atoms with Crippen molar-refractivity contribution in [3.05, 3.63) is 137 Å². The van der Waals surface area contributed by atoms with E-state index in [1.54, 1.807) is 41.3 Å². The molecule has 1 saturated heterocycles. The number of carbonyl (C=O) groups is 1. The summed E-state index contributed by atoms with van der Waals surface area (Å²) in [6.07, 6.45) is -0.407. The Kier molecular flexibility index (Phi) is 11.0. The molecule has 0 saturated carbocycles. The number of halogens is 1. The molecule has 7 aromatic rings. The molecule has 1 aliphatic heterocycles. The molecule has 1 fully saturated rings. The second kappa shape index (κ2) is 16.4. The summed E-state index contributed by atoms with van der Waals surface area (Å²) in [6, 6.07) is 34.9. The number of carbonyl (C=O) groups excluding carboxylic acids is 1. The number of anilines is 1. The van der Waals surface area contributed by atoms with E-state index >= 15 is 0 Å². The van der Waals surface area contributed by atoms with Crippen molar-refractivity contribution in [2.75, 3.05) is 31.1 Å². The Bertz CT molecular complexity index is 2480. The summed E-state index contributed by atoms with van der Waals surface area (Å²) in [6.45, 7) is 5.22. The van der Waals surface area contributed by atoms with Gasteiger partial charge >= 0.3 is 6.09 Å². The Labute approximate surface area is 323 Å². The molecule has 55 heavy (non-hydrogen) atoms. The van der Waals surface area contributed by atoms with E-state index in [0.717, 1.165) is 38.5 Å². The van der Waals surface area contributed by atoms with Gasteiger partial charge in [0.05, 0.1) is 34.8 Å². The number of aryl methyl sites for hydroxylation is 2. The van der Waals surface area contributed by atoms with Gasteiger partial charge in [0.15, 0.2) is 11.6 Å². The Hall–Kier alpha value is -6.30. The lowest BCUT2D eigenvalue weighted by atomic mass is 10.1. The number of hydrogen-bond acceptors (Lipinski definition) is 10. The number of fused-ring (bicyclic) bond motifs is 2.